The summed E-state index contributed by atoms with van der Waals surface area (Å²) >= 11 is 0. The van der Waals surface area contributed by atoms with E-state index in [2.05, 4.69) is 6.92 Å². The predicted molar refractivity (Wildman–Crippen MR) is 59.7 cm³/mol. The van der Waals surface area contributed by atoms with E-state index in [9.17, 15) is 9.59 Å². The van der Waals surface area contributed by atoms with Gasteiger partial charge in [-0.25, -0.2) is 0 Å². The van der Waals surface area contributed by atoms with Gasteiger partial charge in [-0.1, -0.05) is 26.2 Å². The van der Waals surface area contributed by atoms with Gasteiger partial charge in [0.25, 0.3) is 0 Å². The van der Waals surface area contributed by atoms with Gasteiger partial charge in [0.1, 0.15) is 11.7 Å². The van der Waals surface area contributed by atoms with E-state index in [4.69, 9.17) is 10.4 Å². The summed E-state index contributed by atoms with van der Waals surface area (Å²) in [5.41, 5.74) is 0. The van der Waals surface area contributed by atoms with Gasteiger partial charge in [-0.05, 0) is 12.8 Å². The number of aliphatic carboxylic acids is 1. The van der Waals surface area contributed by atoms with Crippen LogP contribution in [-0.4, -0.2) is 16.9 Å². The predicted octanol–water partition coefficient (Wildman–Crippen LogP) is 2.53. The molecule has 1 unspecified atom stereocenters. The molecule has 0 heterocycles. The number of ketones is 1. The molecule has 1 N–H and O–H groups in total. The van der Waals surface area contributed by atoms with E-state index in [0.717, 1.165) is 19.3 Å². The highest BCUT2D eigenvalue weighted by molar-refractivity contribution is 5.83. The Morgan fingerprint density at radius 2 is 1.94 bits per heavy atom. The number of carboxylic acid groups (broad SMARTS) is 1. The molecule has 0 rings (SSSR count). The second-order valence-electron chi connectivity index (χ2n) is 3.89. The van der Waals surface area contributed by atoms with E-state index in [1.807, 2.05) is 6.07 Å². The van der Waals surface area contributed by atoms with Crippen molar-refractivity contribution < 1.29 is 14.7 Å². The third kappa shape index (κ3) is 6.99. The summed E-state index contributed by atoms with van der Waals surface area (Å²) in [7, 11) is 0. The van der Waals surface area contributed by atoms with Gasteiger partial charge >= 0.3 is 5.97 Å². The van der Waals surface area contributed by atoms with Crippen molar-refractivity contribution in [2.75, 3.05) is 0 Å². The molecule has 0 fully saturated rings. The van der Waals surface area contributed by atoms with E-state index in [1.54, 1.807) is 0 Å². The second-order valence-corrected chi connectivity index (χ2v) is 3.89. The van der Waals surface area contributed by atoms with Gasteiger partial charge in [0, 0.05) is 12.8 Å². The molecular weight excluding hydrogens is 206 g/mol. The lowest BCUT2D eigenvalue weighted by atomic mass is 9.95. The largest absolute Gasteiger partial charge is 0.481 e. The van der Waals surface area contributed by atoms with Gasteiger partial charge in [-0.15, -0.1) is 0 Å². The molecule has 1 atom stereocenters. The van der Waals surface area contributed by atoms with Crippen LogP contribution in [0.2, 0.25) is 0 Å². The van der Waals surface area contributed by atoms with Crippen molar-refractivity contribution in [2.45, 2.75) is 51.9 Å². The zero-order valence-electron chi connectivity index (χ0n) is 9.74. The summed E-state index contributed by atoms with van der Waals surface area (Å²) in [6.45, 7) is 2.07. The minimum atomic E-state index is -0.896. The number of hydrogen-bond acceptors (Lipinski definition) is 3. The molecule has 0 amide bonds. The van der Waals surface area contributed by atoms with Gasteiger partial charge in [0.05, 0.1) is 6.07 Å². The fraction of sp³-hybridized carbons (Fsp3) is 0.750. The van der Waals surface area contributed by atoms with E-state index in [-0.39, 0.29) is 18.6 Å². The van der Waals surface area contributed by atoms with Crippen molar-refractivity contribution >= 4 is 11.8 Å². The smallest absolute Gasteiger partial charge is 0.303 e. The summed E-state index contributed by atoms with van der Waals surface area (Å²) in [6, 6.07) is 2.00. The molecular formula is C12H19NO3. The highest BCUT2D eigenvalue weighted by Crippen LogP contribution is 2.13. The molecule has 0 bridgehead atoms. The molecule has 90 valence electrons. The maximum atomic E-state index is 11.5. The molecule has 0 spiro atoms. The number of nitriles is 1. The number of unbranched alkanes of at least 4 members (excludes halogenated alkanes) is 2. The van der Waals surface area contributed by atoms with Gasteiger partial charge < -0.3 is 5.11 Å². The number of nitrogens with zero attached hydrogens (tertiary/aromatic N) is 1. The third-order valence-electron chi connectivity index (χ3n) is 2.45. The lowest BCUT2D eigenvalue weighted by molar-refractivity contribution is -0.137. The molecule has 0 radical (unpaired) electrons. The van der Waals surface area contributed by atoms with Crippen LogP contribution in [-0.2, 0) is 9.59 Å². The number of hydrogen-bond donors (Lipinski definition) is 1. The van der Waals surface area contributed by atoms with Crippen molar-refractivity contribution in [3.05, 3.63) is 0 Å². The summed E-state index contributed by atoms with van der Waals surface area (Å²) in [6.07, 6.45) is 4.12. The molecule has 0 aliphatic heterocycles. The Bertz CT molecular complexity index is 268. The first-order valence-electron chi connectivity index (χ1n) is 5.76. The van der Waals surface area contributed by atoms with Crippen LogP contribution in [0.15, 0.2) is 0 Å². The van der Waals surface area contributed by atoms with Crippen LogP contribution in [0, 0.1) is 17.2 Å². The Kier molecular flexibility index (Phi) is 8.14. The van der Waals surface area contributed by atoms with E-state index in [1.165, 1.54) is 0 Å². The fourth-order valence-electron chi connectivity index (χ4n) is 1.48. The molecule has 4 heteroatoms. The number of carbonyl (C=O) groups is 2. The van der Waals surface area contributed by atoms with Crippen LogP contribution in [0.5, 0.6) is 0 Å². The van der Waals surface area contributed by atoms with E-state index < -0.39 is 11.9 Å². The minimum absolute atomic E-state index is 0.00114. The van der Waals surface area contributed by atoms with Crippen LogP contribution in [0.4, 0.5) is 0 Å². The summed E-state index contributed by atoms with van der Waals surface area (Å²) in [4.78, 5) is 21.8. The van der Waals surface area contributed by atoms with E-state index >= 15 is 0 Å². The van der Waals surface area contributed by atoms with Gasteiger partial charge in [0.15, 0.2) is 0 Å². The highest BCUT2D eigenvalue weighted by Gasteiger charge is 2.16. The second kappa shape index (κ2) is 8.90. The molecule has 0 aliphatic carbocycles. The van der Waals surface area contributed by atoms with Crippen LogP contribution in [0.1, 0.15) is 51.9 Å². The SMILES string of the molecule is CCCCCC(C#N)C(=O)CCCC(=O)O. The van der Waals surface area contributed by atoms with Gasteiger partial charge in [-0.2, -0.15) is 5.26 Å². The zero-order chi connectivity index (χ0) is 12.4. The van der Waals surface area contributed by atoms with Gasteiger partial charge in [-0.3, -0.25) is 9.59 Å². The summed E-state index contributed by atoms with van der Waals surface area (Å²) in [5.74, 6) is -1.55. The lowest BCUT2D eigenvalue weighted by Gasteiger charge is -2.06. The fourth-order valence-corrected chi connectivity index (χ4v) is 1.48. The van der Waals surface area contributed by atoms with Crippen LogP contribution >= 0.6 is 0 Å². The molecule has 0 aromatic carbocycles. The van der Waals surface area contributed by atoms with Crippen LogP contribution < -0.4 is 0 Å². The van der Waals surface area contributed by atoms with Crippen molar-refractivity contribution in [1.82, 2.24) is 0 Å². The lowest BCUT2D eigenvalue weighted by Crippen LogP contribution is -2.13. The quantitative estimate of drug-likeness (QED) is 0.611. The number of carboxylic acids is 1. The number of carbonyl (C=O) groups excluding carboxylic acids is 1. The highest BCUT2D eigenvalue weighted by atomic mass is 16.4. The van der Waals surface area contributed by atoms with Crippen molar-refractivity contribution in [3.63, 3.8) is 0 Å². The van der Waals surface area contributed by atoms with Crippen LogP contribution in [0.3, 0.4) is 0 Å². The average molecular weight is 225 g/mol. The molecule has 16 heavy (non-hydrogen) atoms. The van der Waals surface area contributed by atoms with Crippen molar-refractivity contribution in [3.8, 4) is 6.07 Å². The maximum Gasteiger partial charge on any atom is 0.303 e. The van der Waals surface area contributed by atoms with E-state index in [0.29, 0.717) is 12.8 Å². The molecule has 0 aromatic rings. The Morgan fingerprint density at radius 3 is 2.44 bits per heavy atom. The number of Topliss-reactive ketones (excluding diaryl/α,β-unsaturated/α-hetero) is 1. The molecule has 0 saturated heterocycles. The Balaban J connectivity index is 3.83. The summed E-state index contributed by atoms with van der Waals surface area (Å²) in [5, 5.41) is 17.2. The Labute approximate surface area is 96.3 Å². The standard InChI is InChI=1S/C12H19NO3/c1-2-3-4-6-10(9-13)11(14)7-5-8-12(15)16/h10H,2-8H2,1H3,(H,15,16). The molecule has 0 saturated carbocycles. The van der Waals surface area contributed by atoms with Crippen LogP contribution in [0.25, 0.3) is 0 Å². The summed E-state index contributed by atoms with van der Waals surface area (Å²) < 4.78 is 0. The third-order valence-corrected chi connectivity index (χ3v) is 2.45. The first kappa shape index (κ1) is 14.6. The molecule has 0 aromatic heterocycles. The Morgan fingerprint density at radius 1 is 1.25 bits per heavy atom. The monoisotopic (exact) mass is 225 g/mol. The van der Waals surface area contributed by atoms with Gasteiger partial charge in [0.2, 0.25) is 0 Å². The topological polar surface area (TPSA) is 78.2 Å². The Hall–Kier alpha value is -1.37. The first-order valence-corrected chi connectivity index (χ1v) is 5.76. The minimum Gasteiger partial charge on any atom is -0.481 e. The average Bonchev–Trinajstić information content (AvgIpc) is 2.23. The first-order chi connectivity index (χ1) is 7.61. The van der Waals surface area contributed by atoms with Crippen molar-refractivity contribution in [2.24, 2.45) is 5.92 Å². The zero-order valence-corrected chi connectivity index (χ0v) is 9.74. The van der Waals surface area contributed by atoms with Crippen molar-refractivity contribution in [1.29, 1.82) is 5.26 Å². The molecule has 0 aliphatic rings. The number of rotatable bonds is 9. The normalized spacial score (nSPS) is 11.8. The maximum absolute atomic E-state index is 11.5. The molecule has 4 nitrogen and oxygen atoms in total.